The van der Waals surface area contributed by atoms with E-state index >= 15 is 0 Å². The Hall–Kier alpha value is -0.570. The van der Waals surface area contributed by atoms with E-state index in [0.717, 1.165) is 24.0 Å². The second-order valence-corrected chi connectivity index (χ2v) is 5.91. The lowest BCUT2D eigenvalue weighted by Crippen LogP contribution is -2.47. The summed E-state index contributed by atoms with van der Waals surface area (Å²) in [7, 11) is 0. The van der Waals surface area contributed by atoms with Crippen molar-refractivity contribution in [1.82, 2.24) is 10.2 Å². The van der Waals surface area contributed by atoms with Crippen LogP contribution < -0.4 is 5.32 Å². The quantitative estimate of drug-likeness (QED) is 0.903. The normalized spacial score (nSPS) is 23.6. The zero-order valence-corrected chi connectivity index (χ0v) is 11.5. The Morgan fingerprint density at radius 3 is 2.33 bits per heavy atom. The zero-order valence-electron chi connectivity index (χ0n) is 10.7. The van der Waals surface area contributed by atoms with Crippen LogP contribution in [0.1, 0.15) is 30.9 Å². The molecule has 0 radical (unpaired) electrons. The van der Waals surface area contributed by atoms with Gasteiger partial charge in [-0.05, 0) is 36.5 Å². The molecule has 0 spiro atoms. The molecular weight excluding hydrogens is 244 g/mol. The molecule has 18 heavy (non-hydrogen) atoms. The van der Waals surface area contributed by atoms with Crippen molar-refractivity contribution in [3.05, 3.63) is 34.9 Å². The van der Waals surface area contributed by atoms with Crippen LogP contribution in [-0.4, -0.2) is 31.1 Å². The minimum absolute atomic E-state index is 0.609. The molecule has 1 heterocycles. The van der Waals surface area contributed by atoms with E-state index in [2.05, 4.69) is 22.3 Å². The first kappa shape index (κ1) is 12.5. The van der Waals surface area contributed by atoms with E-state index < -0.39 is 0 Å². The smallest absolute Gasteiger partial charge is 0.0406 e. The molecule has 2 fully saturated rings. The summed E-state index contributed by atoms with van der Waals surface area (Å²) >= 11 is 6.01. The summed E-state index contributed by atoms with van der Waals surface area (Å²) in [5.41, 5.74) is 1.45. The third kappa shape index (κ3) is 2.56. The SMILES string of the molecule is Clc1ccc([C@@H](C2CCC2)N2CCNCC2)cc1. The van der Waals surface area contributed by atoms with Gasteiger partial charge in [0.25, 0.3) is 0 Å². The monoisotopic (exact) mass is 264 g/mol. The van der Waals surface area contributed by atoms with Gasteiger partial charge in [0.1, 0.15) is 0 Å². The first-order valence-electron chi connectivity index (χ1n) is 7.05. The average Bonchev–Trinajstić information content (AvgIpc) is 2.36. The molecule has 0 bridgehead atoms. The van der Waals surface area contributed by atoms with Gasteiger partial charge in [-0.25, -0.2) is 0 Å². The van der Waals surface area contributed by atoms with Crippen LogP contribution in [0, 0.1) is 5.92 Å². The van der Waals surface area contributed by atoms with Gasteiger partial charge in [-0.3, -0.25) is 4.90 Å². The molecule has 1 aliphatic heterocycles. The van der Waals surface area contributed by atoms with E-state index in [-0.39, 0.29) is 0 Å². The maximum Gasteiger partial charge on any atom is 0.0406 e. The second-order valence-electron chi connectivity index (χ2n) is 5.47. The fourth-order valence-corrected chi connectivity index (χ4v) is 3.28. The van der Waals surface area contributed by atoms with Crippen LogP contribution in [0.25, 0.3) is 0 Å². The number of rotatable bonds is 3. The number of piperazine rings is 1. The summed E-state index contributed by atoms with van der Waals surface area (Å²) in [6.07, 6.45) is 4.18. The molecule has 0 unspecified atom stereocenters. The standard InChI is InChI=1S/C15H21ClN2/c16-14-6-4-13(5-7-14)15(12-2-1-3-12)18-10-8-17-9-11-18/h4-7,12,15,17H,1-3,8-11H2/t15-/m1/s1. The molecule has 1 aromatic carbocycles. The topological polar surface area (TPSA) is 15.3 Å². The van der Waals surface area contributed by atoms with E-state index in [1.165, 1.54) is 37.9 Å². The van der Waals surface area contributed by atoms with Gasteiger partial charge < -0.3 is 5.32 Å². The summed E-state index contributed by atoms with van der Waals surface area (Å²) in [5.74, 6) is 0.851. The number of nitrogens with one attached hydrogen (secondary N) is 1. The number of benzene rings is 1. The molecule has 1 N–H and O–H groups in total. The molecule has 1 atom stereocenters. The first-order chi connectivity index (χ1) is 8.84. The minimum atomic E-state index is 0.609. The highest BCUT2D eigenvalue weighted by molar-refractivity contribution is 6.30. The fourth-order valence-electron chi connectivity index (χ4n) is 3.16. The maximum atomic E-state index is 6.01. The number of nitrogens with zero attached hydrogens (tertiary/aromatic N) is 1. The Bertz CT molecular complexity index is 380. The highest BCUT2D eigenvalue weighted by atomic mass is 35.5. The van der Waals surface area contributed by atoms with Gasteiger partial charge in [0.2, 0.25) is 0 Å². The summed E-state index contributed by atoms with van der Waals surface area (Å²) in [5, 5.41) is 4.28. The van der Waals surface area contributed by atoms with E-state index in [0.29, 0.717) is 6.04 Å². The van der Waals surface area contributed by atoms with Crippen LogP contribution in [0.15, 0.2) is 24.3 Å². The fraction of sp³-hybridized carbons (Fsp3) is 0.600. The molecule has 2 nitrogen and oxygen atoms in total. The lowest BCUT2D eigenvalue weighted by Gasteiger charge is -2.43. The average molecular weight is 265 g/mol. The number of hydrogen-bond donors (Lipinski definition) is 1. The van der Waals surface area contributed by atoms with E-state index in [1.807, 2.05) is 12.1 Å². The summed E-state index contributed by atoms with van der Waals surface area (Å²) in [6, 6.07) is 9.11. The predicted octanol–water partition coefficient (Wildman–Crippen LogP) is 3.09. The van der Waals surface area contributed by atoms with Crippen molar-refractivity contribution in [2.24, 2.45) is 5.92 Å². The summed E-state index contributed by atoms with van der Waals surface area (Å²) in [4.78, 5) is 2.66. The Labute approximate surface area is 114 Å². The van der Waals surface area contributed by atoms with Crippen LogP contribution >= 0.6 is 11.6 Å². The molecular formula is C15H21ClN2. The molecule has 0 aromatic heterocycles. The largest absolute Gasteiger partial charge is 0.314 e. The van der Waals surface area contributed by atoms with Crippen molar-refractivity contribution < 1.29 is 0 Å². The first-order valence-corrected chi connectivity index (χ1v) is 7.42. The highest BCUT2D eigenvalue weighted by Crippen LogP contribution is 2.41. The second kappa shape index (κ2) is 5.60. The maximum absolute atomic E-state index is 6.01. The van der Waals surface area contributed by atoms with Crippen LogP contribution in [0.4, 0.5) is 0 Å². The van der Waals surface area contributed by atoms with Gasteiger partial charge in [-0.1, -0.05) is 30.2 Å². The van der Waals surface area contributed by atoms with Crippen molar-refractivity contribution in [3.63, 3.8) is 0 Å². The zero-order chi connectivity index (χ0) is 12.4. The Morgan fingerprint density at radius 1 is 1.11 bits per heavy atom. The lowest BCUT2D eigenvalue weighted by atomic mass is 9.76. The van der Waals surface area contributed by atoms with Gasteiger partial charge in [0.05, 0.1) is 0 Å². The molecule has 98 valence electrons. The molecule has 3 heteroatoms. The van der Waals surface area contributed by atoms with Gasteiger partial charge in [-0.15, -0.1) is 0 Å². The van der Waals surface area contributed by atoms with Gasteiger partial charge in [0, 0.05) is 37.2 Å². The molecule has 1 saturated carbocycles. The third-order valence-electron chi connectivity index (χ3n) is 4.35. The Balaban J connectivity index is 1.81. The molecule has 1 aromatic rings. The van der Waals surface area contributed by atoms with Crippen molar-refractivity contribution in [3.8, 4) is 0 Å². The van der Waals surface area contributed by atoms with Crippen molar-refractivity contribution in [2.75, 3.05) is 26.2 Å². The predicted molar refractivity (Wildman–Crippen MR) is 76.0 cm³/mol. The van der Waals surface area contributed by atoms with E-state index in [1.54, 1.807) is 0 Å². The minimum Gasteiger partial charge on any atom is -0.314 e. The molecule has 1 aliphatic carbocycles. The number of hydrogen-bond acceptors (Lipinski definition) is 2. The van der Waals surface area contributed by atoms with Crippen molar-refractivity contribution >= 4 is 11.6 Å². The van der Waals surface area contributed by atoms with Gasteiger partial charge in [-0.2, -0.15) is 0 Å². The highest BCUT2D eigenvalue weighted by Gasteiger charge is 2.33. The van der Waals surface area contributed by atoms with Crippen LogP contribution in [0.3, 0.4) is 0 Å². The van der Waals surface area contributed by atoms with Crippen molar-refractivity contribution in [2.45, 2.75) is 25.3 Å². The van der Waals surface area contributed by atoms with E-state index in [4.69, 9.17) is 11.6 Å². The van der Waals surface area contributed by atoms with Crippen LogP contribution in [0.5, 0.6) is 0 Å². The Morgan fingerprint density at radius 2 is 1.78 bits per heavy atom. The summed E-state index contributed by atoms with van der Waals surface area (Å²) < 4.78 is 0. The molecule has 3 rings (SSSR count). The lowest BCUT2D eigenvalue weighted by molar-refractivity contribution is 0.0837. The molecule has 2 aliphatic rings. The van der Waals surface area contributed by atoms with E-state index in [9.17, 15) is 0 Å². The number of halogens is 1. The van der Waals surface area contributed by atoms with Gasteiger partial charge >= 0.3 is 0 Å². The molecule has 1 saturated heterocycles. The summed E-state index contributed by atoms with van der Waals surface area (Å²) in [6.45, 7) is 4.58. The van der Waals surface area contributed by atoms with Crippen LogP contribution in [-0.2, 0) is 0 Å². The van der Waals surface area contributed by atoms with Crippen molar-refractivity contribution in [1.29, 1.82) is 0 Å². The van der Waals surface area contributed by atoms with Gasteiger partial charge in [0.15, 0.2) is 0 Å². The Kier molecular flexibility index (Phi) is 3.88. The third-order valence-corrected chi connectivity index (χ3v) is 4.60. The molecule has 0 amide bonds. The van der Waals surface area contributed by atoms with Crippen LogP contribution in [0.2, 0.25) is 5.02 Å².